The minimum atomic E-state index is -1.03. The summed E-state index contributed by atoms with van der Waals surface area (Å²) in [7, 11) is 0. The number of carbonyl (C=O) groups is 1. The van der Waals surface area contributed by atoms with Gasteiger partial charge in [0.2, 0.25) is 0 Å². The van der Waals surface area contributed by atoms with Crippen molar-refractivity contribution >= 4 is 12.0 Å². The zero-order valence-electron chi connectivity index (χ0n) is 12.1. The maximum atomic E-state index is 14.4. The van der Waals surface area contributed by atoms with Crippen LogP contribution in [0.5, 0.6) is 0 Å². The minimum Gasteiger partial charge on any atom is -0.392 e. The summed E-state index contributed by atoms with van der Waals surface area (Å²) < 4.78 is 34.0. The summed E-state index contributed by atoms with van der Waals surface area (Å²) in [6.45, 7) is 4.13. The van der Waals surface area contributed by atoms with Crippen LogP contribution < -0.4 is 4.90 Å². The number of morpholine rings is 1. The van der Waals surface area contributed by atoms with Crippen LogP contribution in [0.15, 0.2) is 6.07 Å². The second-order valence-corrected chi connectivity index (χ2v) is 5.36. The molecule has 0 amide bonds. The highest BCUT2D eigenvalue weighted by atomic mass is 19.2. The van der Waals surface area contributed by atoms with Crippen molar-refractivity contribution in [2.24, 2.45) is 0 Å². The van der Waals surface area contributed by atoms with E-state index in [4.69, 9.17) is 4.74 Å². The number of anilines is 1. The van der Waals surface area contributed by atoms with Gasteiger partial charge in [-0.3, -0.25) is 0 Å². The molecule has 2 rings (SSSR count). The first-order valence-electron chi connectivity index (χ1n) is 6.92. The van der Waals surface area contributed by atoms with Crippen LogP contribution in [-0.4, -0.2) is 36.7 Å². The molecule has 1 N–H and O–H groups in total. The summed E-state index contributed by atoms with van der Waals surface area (Å²) in [5, 5.41) is 9.45. The zero-order chi connectivity index (χ0) is 15.6. The maximum absolute atomic E-state index is 14.4. The van der Waals surface area contributed by atoms with Gasteiger partial charge in [-0.2, -0.15) is 0 Å². The van der Waals surface area contributed by atoms with Crippen LogP contribution in [0.3, 0.4) is 0 Å². The number of rotatable bonds is 4. The molecule has 0 radical (unpaired) electrons. The fourth-order valence-corrected chi connectivity index (χ4v) is 2.79. The molecule has 2 atom stereocenters. The Bertz CT molecular complexity index is 526. The zero-order valence-corrected chi connectivity index (χ0v) is 12.1. The van der Waals surface area contributed by atoms with Crippen molar-refractivity contribution in [1.29, 1.82) is 0 Å². The van der Waals surface area contributed by atoms with E-state index in [1.54, 1.807) is 4.90 Å². The largest absolute Gasteiger partial charge is 0.392 e. The average molecular weight is 299 g/mol. The van der Waals surface area contributed by atoms with Crippen LogP contribution in [0.25, 0.3) is 0 Å². The lowest BCUT2D eigenvalue weighted by Crippen LogP contribution is -2.46. The van der Waals surface area contributed by atoms with Crippen molar-refractivity contribution < 1.29 is 23.4 Å². The van der Waals surface area contributed by atoms with Gasteiger partial charge in [-0.05, 0) is 25.5 Å². The lowest BCUT2D eigenvalue weighted by molar-refractivity contribution is -0.107. The van der Waals surface area contributed by atoms with E-state index < -0.39 is 18.2 Å². The molecule has 1 aliphatic rings. The molecule has 1 fully saturated rings. The number of hydrogen-bond donors (Lipinski definition) is 1. The van der Waals surface area contributed by atoms with Gasteiger partial charge in [0.1, 0.15) is 6.29 Å². The number of carbonyl (C=O) groups excluding carboxylic acids is 1. The van der Waals surface area contributed by atoms with E-state index in [1.165, 1.54) is 6.07 Å². The average Bonchev–Trinajstić information content (AvgIpc) is 2.42. The number of nitrogens with zero attached hydrogens (tertiary/aromatic N) is 1. The summed E-state index contributed by atoms with van der Waals surface area (Å²) in [6.07, 6.45) is 0.0681. The van der Waals surface area contributed by atoms with E-state index in [2.05, 4.69) is 0 Å². The molecule has 4 nitrogen and oxygen atoms in total. The van der Waals surface area contributed by atoms with E-state index in [0.29, 0.717) is 19.4 Å². The first-order valence-corrected chi connectivity index (χ1v) is 6.92. The Labute approximate surface area is 122 Å². The molecule has 1 aliphatic heterocycles. The molecule has 0 spiro atoms. The van der Waals surface area contributed by atoms with Gasteiger partial charge in [0.25, 0.3) is 0 Å². The van der Waals surface area contributed by atoms with E-state index in [0.717, 1.165) is 0 Å². The van der Waals surface area contributed by atoms with Gasteiger partial charge in [-0.15, -0.1) is 0 Å². The third kappa shape index (κ3) is 3.22. The van der Waals surface area contributed by atoms with Crippen molar-refractivity contribution in [3.05, 3.63) is 28.8 Å². The monoisotopic (exact) mass is 299 g/mol. The van der Waals surface area contributed by atoms with Crippen LogP contribution in [0.4, 0.5) is 14.5 Å². The standard InChI is InChI=1S/C15H19F2NO3/c1-9-6-18(7-10(2)21-9)15-12(8-20)5-11(3-4-19)13(16)14(15)17/h4-5,9-10,20H,3,6-8H2,1-2H3/t9-,10+. The number of hydrogen-bond acceptors (Lipinski definition) is 4. The Morgan fingerprint density at radius 3 is 2.43 bits per heavy atom. The van der Waals surface area contributed by atoms with E-state index in [9.17, 15) is 18.7 Å². The van der Waals surface area contributed by atoms with Crippen LogP contribution in [0.2, 0.25) is 0 Å². The molecule has 0 aromatic heterocycles. The number of ether oxygens (including phenoxy) is 1. The molecule has 21 heavy (non-hydrogen) atoms. The van der Waals surface area contributed by atoms with Crippen LogP contribution in [-0.2, 0) is 22.6 Å². The normalized spacial score (nSPS) is 22.4. The van der Waals surface area contributed by atoms with Crippen molar-refractivity contribution in [1.82, 2.24) is 0 Å². The van der Waals surface area contributed by atoms with Crippen molar-refractivity contribution in [3.8, 4) is 0 Å². The Hall–Kier alpha value is -1.53. The SMILES string of the molecule is C[C@@H]1CN(c2c(CO)cc(CC=O)c(F)c2F)C[C@H](C)O1. The van der Waals surface area contributed by atoms with Gasteiger partial charge >= 0.3 is 0 Å². The third-order valence-electron chi connectivity index (χ3n) is 3.54. The molecule has 1 aromatic rings. The topological polar surface area (TPSA) is 49.8 Å². The lowest BCUT2D eigenvalue weighted by atomic mass is 10.0. The molecular formula is C15H19F2NO3. The summed E-state index contributed by atoms with van der Waals surface area (Å²) in [4.78, 5) is 12.2. The van der Waals surface area contributed by atoms with Gasteiger partial charge < -0.3 is 19.5 Å². The summed E-state index contributed by atoms with van der Waals surface area (Å²) in [5.41, 5.74) is 0.309. The molecule has 0 bridgehead atoms. The van der Waals surface area contributed by atoms with Gasteiger partial charge in [-0.25, -0.2) is 8.78 Å². The van der Waals surface area contributed by atoms with E-state index in [-0.39, 0.29) is 35.4 Å². The third-order valence-corrected chi connectivity index (χ3v) is 3.54. The van der Waals surface area contributed by atoms with Crippen LogP contribution in [0.1, 0.15) is 25.0 Å². The first kappa shape index (κ1) is 15.9. The second-order valence-electron chi connectivity index (χ2n) is 5.36. The van der Waals surface area contributed by atoms with Gasteiger partial charge in [0.15, 0.2) is 11.6 Å². The Balaban J connectivity index is 2.47. The molecule has 6 heteroatoms. The number of halogens is 2. The second kappa shape index (κ2) is 6.49. The molecule has 0 saturated carbocycles. The smallest absolute Gasteiger partial charge is 0.182 e. The highest BCUT2D eigenvalue weighted by Gasteiger charge is 2.28. The number of aldehydes is 1. The van der Waals surface area contributed by atoms with Crippen LogP contribution in [0, 0.1) is 11.6 Å². The predicted octanol–water partition coefficient (Wildman–Crippen LogP) is 1.81. The maximum Gasteiger partial charge on any atom is 0.182 e. The number of aliphatic hydroxyl groups excluding tert-OH is 1. The van der Waals surface area contributed by atoms with Crippen LogP contribution >= 0.6 is 0 Å². The summed E-state index contributed by atoms with van der Waals surface area (Å²) in [5.74, 6) is -2.04. The molecular weight excluding hydrogens is 280 g/mol. The van der Waals surface area contributed by atoms with Gasteiger partial charge in [-0.1, -0.05) is 0 Å². The molecule has 1 aromatic carbocycles. The Kier molecular flexibility index (Phi) is 4.90. The van der Waals surface area contributed by atoms with E-state index >= 15 is 0 Å². The van der Waals surface area contributed by atoms with Crippen molar-refractivity contribution in [3.63, 3.8) is 0 Å². The first-order chi connectivity index (χ1) is 9.97. The lowest BCUT2D eigenvalue weighted by Gasteiger charge is -2.38. The highest BCUT2D eigenvalue weighted by molar-refractivity contribution is 5.61. The summed E-state index contributed by atoms with van der Waals surface area (Å²) >= 11 is 0. The van der Waals surface area contributed by atoms with E-state index in [1.807, 2.05) is 13.8 Å². The molecule has 0 unspecified atom stereocenters. The fraction of sp³-hybridized carbons (Fsp3) is 0.533. The highest BCUT2D eigenvalue weighted by Crippen LogP contribution is 2.31. The van der Waals surface area contributed by atoms with Crippen molar-refractivity contribution in [2.75, 3.05) is 18.0 Å². The quantitative estimate of drug-likeness (QED) is 0.862. The van der Waals surface area contributed by atoms with Gasteiger partial charge in [0.05, 0.1) is 24.5 Å². The fourth-order valence-electron chi connectivity index (χ4n) is 2.79. The molecule has 1 saturated heterocycles. The van der Waals surface area contributed by atoms with Crippen molar-refractivity contribution in [2.45, 2.75) is 39.1 Å². The summed E-state index contributed by atoms with van der Waals surface area (Å²) in [6, 6.07) is 1.35. The predicted molar refractivity (Wildman–Crippen MR) is 74.3 cm³/mol. The minimum absolute atomic E-state index is 0.0374. The van der Waals surface area contributed by atoms with Gasteiger partial charge in [0, 0.05) is 25.1 Å². The molecule has 0 aliphatic carbocycles. The molecule has 116 valence electrons. The number of aliphatic hydroxyl groups is 1. The number of benzene rings is 1. The molecule has 1 heterocycles. The Morgan fingerprint density at radius 2 is 1.90 bits per heavy atom. The Morgan fingerprint density at radius 1 is 1.29 bits per heavy atom.